The molecule has 0 bridgehead atoms. The van der Waals surface area contributed by atoms with Crippen molar-refractivity contribution < 1.29 is 4.74 Å². The van der Waals surface area contributed by atoms with Crippen LogP contribution in [0.25, 0.3) is 0 Å². The molecule has 0 aliphatic heterocycles. The molecular formula is C18H30N2O. The van der Waals surface area contributed by atoms with Gasteiger partial charge in [-0.05, 0) is 49.8 Å². The van der Waals surface area contributed by atoms with E-state index in [0.29, 0.717) is 17.9 Å². The van der Waals surface area contributed by atoms with Crippen LogP contribution in [-0.2, 0) is 4.74 Å². The third-order valence-electron chi connectivity index (χ3n) is 4.99. The zero-order chi connectivity index (χ0) is 15.1. The van der Waals surface area contributed by atoms with E-state index in [0.717, 1.165) is 26.2 Å². The topological polar surface area (TPSA) is 38.5 Å². The van der Waals surface area contributed by atoms with Gasteiger partial charge in [-0.2, -0.15) is 0 Å². The van der Waals surface area contributed by atoms with E-state index < -0.39 is 0 Å². The molecular weight excluding hydrogens is 260 g/mol. The van der Waals surface area contributed by atoms with Gasteiger partial charge in [0, 0.05) is 19.7 Å². The molecule has 0 aromatic heterocycles. The van der Waals surface area contributed by atoms with Gasteiger partial charge in [0.25, 0.3) is 0 Å². The smallest absolute Gasteiger partial charge is 0.0589 e. The lowest BCUT2D eigenvalue weighted by atomic mass is 9.75. The Hall–Kier alpha value is -0.900. The number of hydrogen-bond donors (Lipinski definition) is 1. The van der Waals surface area contributed by atoms with Crippen LogP contribution in [0.15, 0.2) is 30.3 Å². The summed E-state index contributed by atoms with van der Waals surface area (Å²) in [6, 6.07) is 11.5. The van der Waals surface area contributed by atoms with Crippen molar-refractivity contribution in [2.24, 2.45) is 11.7 Å². The van der Waals surface area contributed by atoms with Crippen LogP contribution in [0.5, 0.6) is 0 Å². The van der Waals surface area contributed by atoms with Crippen LogP contribution >= 0.6 is 0 Å². The summed E-state index contributed by atoms with van der Waals surface area (Å²) in [7, 11) is 1.78. The first-order valence-corrected chi connectivity index (χ1v) is 8.28. The summed E-state index contributed by atoms with van der Waals surface area (Å²) in [4.78, 5) is 2.57. The predicted octanol–water partition coefficient (Wildman–Crippen LogP) is 2.87. The summed E-state index contributed by atoms with van der Waals surface area (Å²) in [5, 5.41) is 0. The zero-order valence-corrected chi connectivity index (χ0v) is 13.5. The van der Waals surface area contributed by atoms with Crippen molar-refractivity contribution in [3.05, 3.63) is 35.9 Å². The molecule has 1 fully saturated rings. The molecule has 1 saturated carbocycles. The summed E-state index contributed by atoms with van der Waals surface area (Å²) in [6.45, 7) is 5.93. The molecule has 1 aromatic carbocycles. The highest BCUT2D eigenvalue weighted by molar-refractivity contribution is 5.20. The molecule has 0 heterocycles. The number of nitrogens with zero attached hydrogens (tertiary/aromatic N) is 1. The average Bonchev–Trinajstić information content (AvgIpc) is 2.56. The molecule has 118 valence electrons. The molecule has 2 rings (SSSR count). The summed E-state index contributed by atoms with van der Waals surface area (Å²) < 4.78 is 5.27. The minimum Gasteiger partial charge on any atom is -0.383 e. The van der Waals surface area contributed by atoms with Gasteiger partial charge >= 0.3 is 0 Å². The molecule has 3 nitrogen and oxygen atoms in total. The molecule has 1 aliphatic carbocycles. The first-order valence-electron chi connectivity index (χ1n) is 8.28. The Bertz CT molecular complexity index is 395. The summed E-state index contributed by atoms with van der Waals surface area (Å²) >= 11 is 0. The number of ether oxygens (including phenoxy) is 1. The number of rotatable bonds is 7. The number of nitrogens with two attached hydrogens (primary N) is 1. The predicted molar refractivity (Wildman–Crippen MR) is 88.5 cm³/mol. The Morgan fingerprint density at radius 1 is 1.24 bits per heavy atom. The van der Waals surface area contributed by atoms with E-state index in [2.05, 4.69) is 42.2 Å². The van der Waals surface area contributed by atoms with Crippen LogP contribution in [0, 0.1) is 5.92 Å². The summed E-state index contributed by atoms with van der Waals surface area (Å²) in [5.74, 6) is 1.30. The van der Waals surface area contributed by atoms with E-state index in [4.69, 9.17) is 10.5 Å². The van der Waals surface area contributed by atoms with E-state index in [1.165, 1.54) is 24.8 Å². The average molecular weight is 290 g/mol. The Labute approximate surface area is 129 Å². The van der Waals surface area contributed by atoms with Gasteiger partial charge in [-0.3, -0.25) is 4.90 Å². The first-order chi connectivity index (χ1) is 10.3. The van der Waals surface area contributed by atoms with E-state index in [-0.39, 0.29) is 0 Å². The first kappa shape index (κ1) is 16.5. The number of benzene rings is 1. The molecule has 2 N–H and O–H groups in total. The van der Waals surface area contributed by atoms with E-state index in [9.17, 15) is 0 Å². The molecule has 21 heavy (non-hydrogen) atoms. The maximum absolute atomic E-state index is 6.04. The van der Waals surface area contributed by atoms with Gasteiger partial charge in [-0.1, -0.05) is 37.3 Å². The summed E-state index contributed by atoms with van der Waals surface area (Å²) in [6.07, 6.45) is 3.73. The van der Waals surface area contributed by atoms with Crippen molar-refractivity contribution in [1.29, 1.82) is 0 Å². The SMILES string of the molecule is CCN(CCOC)C1CC(c2ccccc2)CCC1CN. The maximum Gasteiger partial charge on any atom is 0.0589 e. The Kier molecular flexibility index (Phi) is 6.68. The van der Waals surface area contributed by atoms with Gasteiger partial charge in [0.1, 0.15) is 0 Å². The van der Waals surface area contributed by atoms with Gasteiger partial charge in [-0.15, -0.1) is 0 Å². The monoisotopic (exact) mass is 290 g/mol. The van der Waals surface area contributed by atoms with Crippen LogP contribution < -0.4 is 5.73 Å². The minimum absolute atomic E-state index is 0.592. The zero-order valence-electron chi connectivity index (χ0n) is 13.5. The van der Waals surface area contributed by atoms with Crippen molar-refractivity contribution in [3.63, 3.8) is 0 Å². The highest BCUT2D eigenvalue weighted by Gasteiger charge is 2.33. The number of likely N-dealkylation sites (N-methyl/N-ethyl adjacent to an activating group) is 1. The normalized spacial score (nSPS) is 26.2. The van der Waals surface area contributed by atoms with Crippen LogP contribution in [0.2, 0.25) is 0 Å². The van der Waals surface area contributed by atoms with Crippen LogP contribution in [-0.4, -0.2) is 44.3 Å². The second kappa shape index (κ2) is 8.52. The molecule has 3 heteroatoms. The third-order valence-corrected chi connectivity index (χ3v) is 4.99. The largest absolute Gasteiger partial charge is 0.383 e. The highest BCUT2D eigenvalue weighted by atomic mass is 16.5. The fraction of sp³-hybridized carbons (Fsp3) is 0.667. The fourth-order valence-corrected chi connectivity index (χ4v) is 3.73. The molecule has 3 atom stereocenters. The van der Waals surface area contributed by atoms with E-state index in [1.54, 1.807) is 7.11 Å². The molecule has 0 radical (unpaired) electrons. The van der Waals surface area contributed by atoms with Crippen molar-refractivity contribution in [3.8, 4) is 0 Å². The standard InChI is InChI=1S/C18H30N2O/c1-3-20(11-12-21-2)18-13-16(9-10-17(18)14-19)15-7-5-4-6-8-15/h4-8,16-18H,3,9-14,19H2,1-2H3. The maximum atomic E-state index is 6.04. The van der Waals surface area contributed by atoms with Gasteiger partial charge in [0.15, 0.2) is 0 Å². The lowest BCUT2D eigenvalue weighted by Crippen LogP contribution is -2.47. The van der Waals surface area contributed by atoms with Crippen molar-refractivity contribution in [2.45, 2.75) is 38.1 Å². The lowest BCUT2D eigenvalue weighted by molar-refractivity contribution is 0.0716. The second-order valence-electron chi connectivity index (χ2n) is 6.11. The summed E-state index contributed by atoms with van der Waals surface area (Å²) in [5.41, 5.74) is 7.53. The number of hydrogen-bond acceptors (Lipinski definition) is 3. The highest BCUT2D eigenvalue weighted by Crippen LogP contribution is 2.37. The fourth-order valence-electron chi connectivity index (χ4n) is 3.73. The van der Waals surface area contributed by atoms with Gasteiger partial charge in [0.05, 0.1) is 6.61 Å². The molecule has 3 unspecified atom stereocenters. The lowest BCUT2D eigenvalue weighted by Gasteiger charge is -2.42. The van der Waals surface area contributed by atoms with Gasteiger partial charge in [-0.25, -0.2) is 0 Å². The number of methoxy groups -OCH3 is 1. The second-order valence-corrected chi connectivity index (χ2v) is 6.11. The van der Waals surface area contributed by atoms with Crippen molar-refractivity contribution >= 4 is 0 Å². The molecule has 0 spiro atoms. The minimum atomic E-state index is 0.592. The van der Waals surface area contributed by atoms with Crippen LogP contribution in [0.4, 0.5) is 0 Å². The Balaban J connectivity index is 2.07. The molecule has 1 aliphatic rings. The van der Waals surface area contributed by atoms with Crippen LogP contribution in [0.3, 0.4) is 0 Å². The molecule has 0 saturated heterocycles. The van der Waals surface area contributed by atoms with Crippen molar-refractivity contribution in [2.75, 3.05) is 33.4 Å². The van der Waals surface area contributed by atoms with Gasteiger partial charge < -0.3 is 10.5 Å². The van der Waals surface area contributed by atoms with E-state index in [1.807, 2.05) is 0 Å². The van der Waals surface area contributed by atoms with Crippen LogP contribution in [0.1, 0.15) is 37.7 Å². The Morgan fingerprint density at radius 2 is 2.00 bits per heavy atom. The van der Waals surface area contributed by atoms with Gasteiger partial charge in [0.2, 0.25) is 0 Å². The quantitative estimate of drug-likeness (QED) is 0.839. The van der Waals surface area contributed by atoms with E-state index >= 15 is 0 Å². The van der Waals surface area contributed by atoms with Crippen molar-refractivity contribution in [1.82, 2.24) is 4.90 Å². The molecule has 1 aromatic rings. The Morgan fingerprint density at radius 3 is 2.62 bits per heavy atom. The third kappa shape index (κ3) is 4.29. The molecule has 0 amide bonds.